The summed E-state index contributed by atoms with van der Waals surface area (Å²) in [6.07, 6.45) is 3.35. The van der Waals surface area contributed by atoms with Gasteiger partial charge in [0.2, 0.25) is 5.91 Å². The molecule has 3 aromatic rings. The maximum atomic E-state index is 13.2. The molecule has 0 atom stereocenters. The van der Waals surface area contributed by atoms with Gasteiger partial charge in [-0.05, 0) is 49.1 Å². The van der Waals surface area contributed by atoms with Crippen LogP contribution in [0.4, 0.5) is 4.39 Å². The van der Waals surface area contributed by atoms with Gasteiger partial charge >= 0.3 is 0 Å². The number of benzene rings is 2. The molecule has 0 saturated carbocycles. The normalized spacial score (nSPS) is 11.3. The predicted octanol–water partition coefficient (Wildman–Crippen LogP) is 4.71. The molecule has 1 N–H and O–H groups in total. The van der Waals surface area contributed by atoms with E-state index in [0.29, 0.717) is 13.1 Å². The Morgan fingerprint density at radius 1 is 1.11 bits per heavy atom. The molecule has 28 heavy (non-hydrogen) atoms. The number of fused-ring (bicyclic) bond motifs is 1. The van der Waals surface area contributed by atoms with Crippen molar-refractivity contribution in [3.63, 3.8) is 0 Å². The van der Waals surface area contributed by atoms with Gasteiger partial charge in [-0.1, -0.05) is 38.1 Å². The summed E-state index contributed by atoms with van der Waals surface area (Å²) in [4.78, 5) is 16.9. The standard InChI is InChI=1S/C23H28FN3O/c1-3-18(4-2)23(28)25-15-7-10-22-26-20-8-5-6-9-21(20)27(22)16-17-11-13-19(24)14-12-17/h5-6,8-9,11-14,18H,3-4,7,10,15-16H2,1-2H3,(H,25,28). The number of carbonyl (C=O) groups is 1. The maximum absolute atomic E-state index is 13.2. The van der Waals surface area contributed by atoms with E-state index in [1.165, 1.54) is 12.1 Å². The second-order valence-corrected chi connectivity index (χ2v) is 7.14. The Hall–Kier alpha value is -2.69. The summed E-state index contributed by atoms with van der Waals surface area (Å²) in [7, 11) is 0. The lowest BCUT2D eigenvalue weighted by Gasteiger charge is -2.13. The Bertz CT molecular complexity index is 913. The highest BCUT2D eigenvalue weighted by molar-refractivity contribution is 5.78. The number of nitrogens with one attached hydrogen (secondary N) is 1. The van der Waals surface area contributed by atoms with Crippen molar-refractivity contribution < 1.29 is 9.18 Å². The first-order valence-corrected chi connectivity index (χ1v) is 10.1. The molecule has 0 saturated heterocycles. The molecule has 0 bridgehead atoms. The molecule has 0 aliphatic heterocycles. The molecule has 0 aliphatic rings. The number of carbonyl (C=O) groups excluding carboxylic acids is 1. The molecule has 1 aromatic heterocycles. The Labute approximate surface area is 165 Å². The summed E-state index contributed by atoms with van der Waals surface area (Å²) < 4.78 is 15.4. The minimum atomic E-state index is -0.229. The van der Waals surface area contributed by atoms with Crippen LogP contribution in [0.15, 0.2) is 48.5 Å². The second-order valence-electron chi connectivity index (χ2n) is 7.14. The summed E-state index contributed by atoms with van der Waals surface area (Å²) in [5.41, 5.74) is 3.07. The van der Waals surface area contributed by atoms with Gasteiger partial charge in [0.25, 0.3) is 0 Å². The van der Waals surface area contributed by atoms with Crippen LogP contribution in [0.3, 0.4) is 0 Å². The number of halogens is 1. The Balaban J connectivity index is 1.70. The Morgan fingerprint density at radius 2 is 1.82 bits per heavy atom. The van der Waals surface area contributed by atoms with Crippen LogP contribution in [0.2, 0.25) is 0 Å². The topological polar surface area (TPSA) is 46.9 Å². The fourth-order valence-corrected chi connectivity index (χ4v) is 3.53. The third kappa shape index (κ3) is 4.77. The quantitative estimate of drug-likeness (QED) is 0.546. The zero-order chi connectivity index (χ0) is 19.9. The van der Waals surface area contributed by atoms with E-state index < -0.39 is 0 Å². The lowest BCUT2D eigenvalue weighted by molar-refractivity contribution is -0.125. The molecule has 0 fully saturated rings. The van der Waals surface area contributed by atoms with E-state index >= 15 is 0 Å². The van der Waals surface area contributed by atoms with Crippen molar-refractivity contribution in [1.82, 2.24) is 14.9 Å². The SMILES string of the molecule is CCC(CC)C(=O)NCCCc1nc2ccccc2n1Cc1ccc(F)cc1. The molecule has 1 amide bonds. The van der Waals surface area contributed by atoms with Crippen molar-refractivity contribution in [2.24, 2.45) is 5.92 Å². The molecule has 3 rings (SSSR count). The minimum absolute atomic E-state index is 0.100. The van der Waals surface area contributed by atoms with E-state index in [1.54, 1.807) is 0 Å². The maximum Gasteiger partial charge on any atom is 0.223 e. The number of aryl methyl sites for hydroxylation is 1. The van der Waals surface area contributed by atoms with Crippen LogP contribution in [0.1, 0.15) is 44.5 Å². The number of imidazole rings is 1. The van der Waals surface area contributed by atoms with Gasteiger partial charge in [-0.3, -0.25) is 4.79 Å². The first kappa shape index (κ1) is 20.1. The largest absolute Gasteiger partial charge is 0.356 e. The van der Waals surface area contributed by atoms with Gasteiger partial charge in [-0.15, -0.1) is 0 Å². The Kier molecular flexibility index (Phi) is 6.80. The lowest BCUT2D eigenvalue weighted by atomic mass is 10.0. The summed E-state index contributed by atoms with van der Waals surface area (Å²) in [6, 6.07) is 14.7. The van der Waals surface area contributed by atoms with E-state index in [-0.39, 0.29) is 17.6 Å². The molecule has 0 spiro atoms. The van der Waals surface area contributed by atoms with Gasteiger partial charge in [0.1, 0.15) is 11.6 Å². The number of amides is 1. The number of aromatic nitrogens is 2. The molecule has 0 radical (unpaired) electrons. The fraction of sp³-hybridized carbons (Fsp3) is 0.391. The van der Waals surface area contributed by atoms with Gasteiger partial charge in [0.05, 0.1) is 11.0 Å². The molecule has 2 aromatic carbocycles. The summed E-state index contributed by atoms with van der Waals surface area (Å²) in [5.74, 6) is 1.00. The number of para-hydroxylation sites is 2. The minimum Gasteiger partial charge on any atom is -0.356 e. The van der Waals surface area contributed by atoms with Crippen molar-refractivity contribution in [3.05, 3.63) is 65.7 Å². The molecular weight excluding hydrogens is 353 g/mol. The zero-order valence-electron chi connectivity index (χ0n) is 16.6. The van der Waals surface area contributed by atoms with Crippen molar-refractivity contribution >= 4 is 16.9 Å². The van der Waals surface area contributed by atoms with Crippen LogP contribution in [-0.4, -0.2) is 22.0 Å². The van der Waals surface area contributed by atoms with E-state index in [2.05, 4.69) is 16.0 Å². The molecule has 0 unspecified atom stereocenters. The highest BCUT2D eigenvalue weighted by atomic mass is 19.1. The Morgan fingerprint density at radius 3 is 2.54 bits per heavy atom. The number of hydrogen-bond acceptors (Lipinski definition) is 2. The third-order valence-corrected chi connectivity index (χ3v) is 5.22. The highest BCUT2D eigenvalue weighted by Gasteiger charge is 2.14. The molecule has 1 heterocycles. The lowest BCUT2D eigenvalue weighted by Crippen LogP contribution is -2.31. The van der Waals surface area contributed by atoms with Crippen LogP contribution in [0.5, 0.6) is 0 Å². The fourth-order valence-electron chi connectivity index (χ4n) is 3.53. The average molecular weight is 381 g/mol. The van der Waals surface area contributed by atoms with Crippen molar-refractivity contribution in [3.8, 4) is 0 Å². The van der Waals surface area contributed by atoms with E-state index in [0.717, 1.165) is 48.1 Å². The third-order valence-electron chi connectivity index (χ3n) is 5.22. The van der Waals surface area contributed by atoms with Crippen LogP contribution in [-0.2, 0) is 17.8 Å². The first-order valence-electron chi connectivity index (χ1n) is 10.1. The van der Waals surface area contributed by atoms with Crippen molar-refractivity contribution in [2.45, 2.75) is 46.1 Å². The molecular formula is C23H28FN3O. The van der Waals surface area contributed by atoms with Gasteiger partial charge in [-0.25, -0.2) is 9.37 Å². The average Bonchev–Trinajstić information content (AvgIpc) is 3.05. The predicted molar refractivity (Wildman–Crippen MR) is 111 cm³/mol. The van der Waals surface area contributed by atoms with Gasteiger partial charge < -0.3 is 9.88 Å². The first-order chi connectivity index (χ1) is 13.6. The number of hydrogen-bond donors (Lipinski definition) is 1. The van der Waals surface area contributed by atoms with Crippen LogP contribution in [0, 0.1) is 11.7 Å². The van der Waals surface area contributed by atoms with Gasteiger partial charge in [-0.2, -0.15) is 0 Å². The molecule has 0 aliphatic carbocycles. The van der Waals surface area contributed by atoms with Crippen LogP contribution >= 0.6 is 0 Å². The van der Waals surface area contributed by atoms with Crippen LogP contribution < -0.4 is 5.32 Å². The highest BCUT2D eigenvalue weighted by Crippen LogP contribution is 2.19. The van der Waals surface area contributed by atoms with Crippen molar-refractivity contribution in [1.29, 1.82) is 0 Å². The summed E-state index contributed by atoms with van der Waals surface area (Å²) in [5, 5.41) is 3.05. The molecule has 148 valence electrons. The van der Waals surface area contributed by atoms with Gasteiger partial charge in [0, 0.05) is 25.4 Å². The van der Waals surface area contributed by atoms with Crippen LogP contribution in [0.25, 0.3) is 11.0 Å². The number of nitrogens with zero attached hydrogens (tertiary/aromatic N) is 2. The zero-order valence-corrected chi connectivity index (χ0v) is 16.6. The van der Waals surface area contributed by atoms with E-state index in [4.69, 9.17) is 4.98 Å². The second kappa shape index (κ2) is 9.49. The number of rotatable bonds is 9. The molecule has 5 heteroatoms. The van der Waals surface area contributed by atoms with E-state index in [1.807, 2.05) is 44.2 Å². The molecule has 4 nitrogen and oxygen atoms in total. The summed E-state index contributed by atoms with van der Waals surface area (Å²) >= 11 is 0. The monoisotopic (exact) mass is 381 g/mol. The van der Waals surface area contributed by atoms with Crippen molar-refractivity contribution in [2.75, 3.05) is 6.54 Å². The summed E-state index contributed by atoms with van der Waals surface area (Å²) in [6.45, 7) is 5.39. The smallest absolute Gasteiger partial charge is 0.223 e. The van der Waals surface area contributed by atoms with E-state index in [9.17, 15) is 9.18 Å². The van der Waals surface area contributed by atoms with Gasteiger partial charge in [0.15, 0.2) is 0 Å².